The molecule has 0 aliphatic rings. The fourth-order valence-corrected chi connectivity index (χ4v) is 2.05. The summed E-state index contributed by atoms with van der Waals surface area (Å²) >= 11 is 0. The number of hydrogen-bond donors (Lipinski definition) is 1. The Bertz CT molecular complexity index is 508. The van der Waals surface area contributed by atoms with Crippen molar-refractivity contribution in [3.8, 4) is 0 Å². The minimum Gasteiger partial charge on any atom is -0.321 e. The van der Waals surface area contributed by atoms with Gasteiger partial charge in [0.2, 0.25) is 0 Å². The Morgan fingerprint density at radius 2 is 1.56 bits per heavy atom. The van der Waals surface area contributed by atoms with Gasteiger partial charge in [-0.05, 0) is 29.5 Å². The smallest absolute Gasteiger partial charge is 0.137 e. The number of benzene rings is 2. The second-order valence-electron chi connectivity index (χ2n) is 4.44. The zero-order chi connectivity index (χ0) is 12.8. The minimum atomic E-state index is -0.415. The molecule has 0 fully saturated rings. The van der Waals surface area contributed by atoms with Crippen molar-refractivity contribution >= 4 is 6.29 Å². The third kappa shape index (κ3) is 3.28. The lowest BCUT2D eigenvalue weighted by Crippen LogP contribution is -2.24. The van der Waals surface area contributed by atoms with Crippen LogP contribution in [0.4, 0.5) is 0 Å². The molecule has 0 saturated carbocycles. The van der Waals surface area contributed by atoms with E-state index in [0.717, 1.165) is 18.3 Å². The van der Waals surface area contributed by atoms with E-state index in [-0.39, 0.29) is 0 Å². The van der Waals surface area contributed by atoms with E-state index in [1.807, 2.05) is 36.4 Å². The Hall–Kier alpha value is -1.93. The van der Waals surface area contributed by atoms with E-state index in [9.17, 15) is 4.79 Å². The van der Waals surface area contributed by atoms with E-state index < -0.39 is 6.04 Å². The van der Waals surface area contributed by atoms with Gasteiger partial charge in [0.25, 0.3) is 0 Å². The van der Waals surface area contributed by atoms with Crippen LogP contribution in [0.3, 0.4) is 0 Å². The number of carbonyl (C=O) groups excluding carboxylic acids is 1. The molecule has 2 aromatic rings. The molecular weight excluding hydrogens is 222 g/mol. The van der Waals surface area contributed by atoms with Gasteiger partial charge >= 0.3 is 0 Å². The van der Waals surface area contributed by atoms with Crippen molar-refractivity contribution in [2.24, 2.45) is 5.73 Å². The van der Waals surface area contributed by atoms with Gasteiger partial charge in [0, 0.05) is 0 Å². The lowest BCUT2D eigenvalue weighted by atomic mass is 9.96. The van der Waals surface area contributed by atoms with E-state index >= 15 is 0 Å². The topological polar surface area (TPSA) is 43.1 Å². The first-order chi connectivity index (χ1) is 8.79. The number of carbonyl (C=O) groups is 1. The Morgan fingerprint density at radius 3 is 2.22 bits per heavy atom. The summed E-state index contributed by atoms with van der Waals surface area (Å²) in [4.78, 5) is 10.7. The lowest BCUT2D eigenvalue weighted by molar-refractivity contribution is -0.108. The van der Waals surface area contributed by atoms with Crippen LogP contribution in [0.25, 0.3) is 0 Å². The Labute approximate surface area is 107 Å². The molecule has 92 valence electrons. The first-order valence-corrected chi connectivity index (χ1v) is 6.11. The van der Waals surface area contributed by atoms with Crippen LogP contribution in [0, 0.1) is 0 Å². The van der Waals surface area contributed by atoms with Crippen molar-refractivity contribution in [2.75, 3.05) is 0 Å². The maximum Gasteiger partial charge on any atom is 0.137 e. The molecule has 0 aromatic heterocycles. The lowest BCUT2D eigenvalue weighted by Gasteiger charge is -2.11. The molecule has 0 unspecified atom stereocenters. The highest BCUT2D eigenvalue weighted by Gasteiger charge is 2.07. The van der Waals surface area contributed by atoms with Crippen molar-refractivity contribution in [1.29, 1.82) is 0 Å². The summed E-state index contributed by atoms with van der Waals surface area (Å²) in [5.74, 6) is 0. The summed E-state index contributed by atoms with van der Waals surface area (Å²) in [6.45, 7) is 0. The molecule has 0 radical (unpaired) electrons. The molecule has 2 heteroatoms. The Morgan fingerprint density at radius 1 is 0.944 bits per heavy atom. The molecule has 2 N–H and O–H groups in total. The molecule has 0 saturated heterocycles. The molecule has 18 heavy (non-hydrogen) atoms. The zero-order valence-corrected chi connectivity index (χ0v) is 10.3. The van der Waals surface area contributed by atoms with E-state index in [2.05, 4.69) is 18.2 Å². The van der Waals surface area contributed by atoms with E-state index in [1.54, 1.807) is 0 Å². The van der Waals surface area contributed by atoms with Crippen LogP contribution < -0.4 is 5.73 Å². The SMILES string of the molecule is N[C@H](C=O)Cc1ccccc1Cc1ccccc1. The van der Waals surface area contributed by atoms with Crippen LogP contribution in [-0.2, 0) is 17.6 Å². The summed E-state index contributed by atoms with van der Waals surface area (Å²) in [6.07, 6.45) is 2.29. The Balaban J connectivity index is 2.20. The van der Waals surface area contributed by atoms with Crippen LogP contribution in [0.15, 0.2) is 54.6 Å². The van der Waals surface area contributed by atoms with Gasteiger partial charge in [-0.25, -0.2) is 0 Å². The van der Waals surface area contributed by atoms with Crippen molar-refractivity contribution < 1.29 is 4.79 Å². The van der Waals surface area contributed by atoms with Gasteiger partial charge in [-0.3, -0.25) is 0 Å². The zero-order valence-electron chi connectivity index (χ0n) is 10.3. The molecule has 2 rings (SSSR count). The highest BCUT2D eigenvalue weighted by atomic mass is 16.1. The number of aldehydes is 1. The van der Waals surface area contributed by atoms with Crippen LogP contribution in [-0.4, -0.2) is 12.3 Å². The standard InChI is InChI=1S/C16H17NO/c17-16(12-18)11-15-9-5-4-8-14(15)10-13-6-2-1-3-7-13/h1-9,12,16H,10-11,17H2/t16-/m0/s1. The van der Waals surface area contributed by atoms with Crippen LogP contribution in [0.2, 0.25) is 0 Å². The molecule has 0 aliphatic carbocycles. The average Bonchev–Trinajstić information content (AvgIpc) is 2.42. The van der Waals surface area contributed by atoms with Crippen LogP contribution in [0.5, 0.6) is 0 Å². The quantitative estimate of drug-likeness (QED) is 0.814. The minimum absolute atomic E-state index is 0.415. The van der Waals surface area contributed by atoms with Crippen LogP contribution >= 0.6 is 0 Å². The predicted molar refractivity (Wildman–Crippen MR) is 73.4 cm³/mol. The van der Waals surface area contributed by atoms with E-state index in [4.69, 9.17) is 5.73 Å². The maximum absolute atomic E-state index is 10.7. The second kappa shape index (κ2) is 6.12. The third-order valence-electron chi connectivity index (χ3n) is 2.99. The summed E-state index contributed by atoms with van der Waals surface area (Å²) in [5.41, 5.74) is 9.36. The van der Waals surface area contributed by atoms with E-state index in [1.165, 1.54) is 11.1 Å². The molecule has 2 nitrogen and oxygen atoms in total. The molecule has 2 aromatic carbocycles. The van der Waals surface area contributed by atoms with Gasteiger partial charge in [-0.1, -0.05) is 54.6 Å². The first kappa shape index (κ1) is 12.5. The first-order valence-electron chi connectivity index (χ1n) is 6.11. The fourth-order valence-electron chi connectivity index (χ4n) is 2.05. The highest BCUT2D eigenvalue weighted by Crippen LogP contribution is 2.15. The third-order valence-corrected chi connectivity index (χ3v) is 2.99. The highest BCUT2D eigenvalue weighted by molar-refractivity contribution is 5.58. The number of rotatable bonds is 5. The summed E-state index contributed by atoms with van der Waals surface area (Å²) < 4.78 is 0. The van der Waals surface area contributed by atoms with Gasteiger partial charge in [0.05, 0.1) is 6.04 Å². The molecule has 0 amide bonds. The van der Waals surface area contributed by atoms with Crippen molar-refractivity contribution in [2.45, 2.75) is 18.9 Å². The van der Waals surface area contributed by atoms with Crippen molar-refractivity contribution in [3.05, 3.63) is 71.3 Å². The predicted octanol–water partition coefficient (Wildman–Crippen LogP) is 2.35. The normalized spacial score (nSPS) is 12.1. The number of hydrogen-bond acceptors (Lipinski definition) is 2. The average molecular weight is 239 g/mol. The molecule has 0 spiro atoms. The van der Waals surface area contributed by atoms with Crippen molar-refractivity contribution in [3.63, 3.8) is 0 Å². The van der Waals surface area contributed by atoms with Gasteiger partial charge < -0.3 is 10.5 Å². The molecule has 0 bridgehead atoms. The molecule has 0 aliphatic heterocycles. The second-order valence-corrected chi connectivity index (χ2v) is 4.44. The summed E-state index contributed by atoms with van der Waals surface area (Å²) in [5, 5.41) is 0. The van der Waals surface area contributed by atoms with Gasteiger partial charge in [0.15, 0.2) is 0 Å². The van der Waals surface area contributed by atoms with E-state index in [0.29, 0.717) is 6.42 Å². The maximum atomic E-state index is 10.7. The van der Waals surface area contributed by atoms with Gasteiger partial charge in [0.1, 0.15) is 6.29 Å². The largest absolute Gasteiger partial charge is 0.321 e. The number of nitrogens with two attached hydrogens (primary N) is 1. The van der Waals surface area contributed by atoms with Crippen LogP contribution in [0.1, 0.15) is 16.7 Å². The summed E-state index contributed by atoms with van der Waals surface area (Å²) in [7, 11) is 0. The molecular formula is C16H17NO. The molecule has 0 heterocycles. The monoisotopic (exact) mass is 239 g/mol. The Kier molecular flexibility index (Phi) is 4.26. The summed E-state index contributed by atoms with van der Waals surface area (Å²) in [6, 6.07) is 18.0. The fraction of sp³-hybridized carbons (Fsp3) is 0.188. The van der Waals surface area contributed by atoms with Gasteiger partial charge in [-0.15, -0.1) is 0 Å². The van der Waals surface area contributed by atoms with Crippen molar-refractivity contribution in [1.82, 2.24) is 0 Å². The molecule has 1 atom stereocenters. The van der Waals surface area contributed by atoms with Gasteiger partial charge in [-0.2, -0.15) is 0 Å².